The van der Waals surface area contributed by atoms with Crippen molar-refractivity contribution in [2.24, 2.45) is 5.10 Å². The van der Waals surface area contributed by atoms with Crippen molar-refractivity contribution in [1.29, 1.82) is 0 Å². The van der Waals surface area contributed by atoms with Crippen molar-refractivity contribution in [3.05, 3.63) is 127 Å². The van der Waals surface area contributed by atoms with Gasteiger partial charge in [0, 0.05) is 29.1 Å². The highest BCUT2D eigenvalue weighted by Crippen LogP contribution is 2.32. The van der Waals surface area contributed by atoms with Gasteiger partial charge in [0.05, 0.1) is 27.0 Å². The van der Waals surface area contributed by atoms with Gasteiger partial charge >= 0.3 is 5.69 Å². The van der Waals surface area contributed by atoms with Gasteiger partial charge < -0.3 is 9.15 Å². The summed E-state index contributed by atoms with van der Waals surface area (Å²) in [6.07, 6.45) is 2.27. The first kappa shape index (κ1) is 25.1. The van der Waals surface area contributed by atoms with Crippen LogP contribution in [0.1, 0.15) is 5.56 Å². The third-order valence-corrected chi connectivity index (χ3v) is 6.05. The highest BCUT2D eigenvalue weighted by Gasteiger charge is 2.19. The van der Waals surface area contributed by atoms with Crippen LogP contribution in [0.4, 0.5) is 11.4 Å². The molecule has 3 aromatic carbocycles. The fourth-order valence-electron chi connectivity index (χ4n) is 4.10. The average molecular weight is 548 g/mol. The van der Waals surface area contributed by atoms with Crippen molar-refractivity contribution in [1.82, 2.24) is 14.6 Å². The lowest BCUT2D eigenvalue weighted by Crippen LogP contribution is -2.20. The number of nitro benzene ring substituents is 1. The smallest absolute Gasteiger partial charge is 0.312 e. The normalized spacial score (nSPS) is 11.3. The zero-order chi connectivity index (χ0) is 28.5. The van der Waals surface area contributed by atoms with E-state index in [9.17, 15) is 25.0 Å². The second-order valence-electron chi connectivity index (χ2n) is 8.66. The van der Waals surface area contributed by atoms with Crippen molar-refractivity contribution in [2.75, 3.05) is 0 Å². The van der Waals surface area contributed by atoms with E-state index in [0.29, 0.717) is 22.2 Å². The molecule has 6 rings (SSSR count). The third kappa shape index (κ3) is 4.85. The number of fused-ring (bicyclic) bond motifs is 2. The molecule has 6 aromatic rings. The van der Waals surface area contributed by atoms with E-state index < -0.39 is 21.1 Å². The molecule has 0 aliphatic rings. The average Bonchev–Trinajstić information content (AvgIpc) is 3.42. The summed E-state index contributed by atoms with van der Waals surface area (Å²) >= 11 is 0. The van der Waals surface area contributed by atoms with Crippen LogP contribution in [0.2, 0.25) is 0 Å². The molecule has 0 aliphatic carbocycles. The molecule has 0 saturated carbocycles. The van der Waals surface area contributed by atoms with E-state index in [4.69, 9.17) is 9.15 Å². The van der Waals surface area contributed by atoms with Gasteiger partial charge in [0.1, 0.15) is 11.8 Å². The molecule has 0 spiro atoms. The number of nitro groups is 2. The van der Waals surface area contributed by atoms with Gasteiger partial charge in [0.25, 0.3) is 11.2 Å². The van der Waals surface area contributed by atoms with Gasteiger partial charge in [0.15, 0.2) is 5.76 Å². The quantitative estimate of drug-likeness (QED) is 0.138. The van der Waals surface area contributed by atoms with Crippen LogP contribution < -0.4 is 10.3 Å². The van der Waals surface area contributed by atoms with Crippen LogP contribution in [0.3, 0.4) is 0 Å². The number of benzene rings is 3. The Morgan fingerprint density at radius 1 is 0.927 bits per heavy atom. The first-order chi connectivity index (χ1) is 19.9. The van der Waals surface area contributed by atoms with Crippen LogP contribution in [0.25, 0.3) is 33.5 Å². The van der Waals surface area contributed by atoms with Gasteiger partial charge in [-0.2, -0.15) is 9.78 Å². The van der Waals surface area contributed by atoms with Crippen LogP contribution in [0, 0.1) is 20.2 Å². The van der Waals surface area contributed by atoms with Crippen LogP contribution in [0.15, 0.2) is 105 Å². The molecule has 0 aliphatic heterocycles. The van der Waals surface area contributed by atoms with Gasteiger partial charge in [0.2, 0.25) is 17.5 Å². The minimum atomic E-state index is -0.651. The number of furan rings is 1. The van der Waals surface area contributed by atoms with Crippen LogP contribution >= 0.6 is 0 Å². The van der Waals surface area contributed by atoms with Crippen LogP contribution in [-0.4, -0.2) is 30.7 Å². The highest BCUT2D eigenvalue weighted by molar-refractivity contribution is 5.85. The summed E-state index contributed by atoms with van der Waals surface area (Å²) in [5.74, 6) is 0.266. The van der Waals surface area contributed by atoms with Crippen molar-refractivity contribution >= 4 is 39.5 Å². The summed E-state index contributed by atoms with van der Waals surface area (Å²) in [6.45, 7) is 0. The topological polar surface area (TPSA) is 169 Å². The van der Waals surface area contributed by atoms with Gasteiger partial charge in [-0.15, -0.1) is 0 Å². The maximum absolute atomic E-state index is 13.4. The number of hydrogen-bond acceptors (Lipinski definition) is 10. The molecule has 0 fully saturated rings. The zero-order valence-electron chi connectivity index (χ0n) is 20.8. The Kier molecular flexibility index (Phi) is 6.20. The lowest BCUT2D eigenvalue weighted by molar-refractivity contribution is -0.385. The van der Waals surface area contributed by atoms with E-state index in [0.717, 1.165) is 16.3 Å². The minimum absolute atomic E-state index is 0.0654. The molecule has 0 N–H and O–H groups in total. The molecule has 0 radical (unpaired) electrons. The summed E-state index contributed by atoms with van der Waals surface area (Å²) in [4.78, 5) is 43.2. The van der Waals surface area contributed by atoms with Crippen LogP contribution in [0.5, 0.6) is 11.6 Å². The van der Waals surface area contributed by atoms with Crippen molar-refractivity contribution in [2.45, 2.75) is 0 Å². The van der Waals surface area contributed by atoms with Gasteiger partial charge in [-0.05, 0) is 36.4 Å². The number of para-hydroxylation sites is 2. The first-order valence-electron chi connectivity index (χ1n) is 12.0. The molecule has 0 unspecified atom stereocenters. The Bertz CT molecular complexity index is 2030. The third-order valence-electron chi connectivity index (χ3n) is 6.05. The van der Waals surface area contributed by atoms with Gasteiger partial charge in [-0.25, -0.2) is 9.97 Å². The Morgan fingerprint density at radius 3 is 2.49 bits per heavy atom. The fraction of sp³-hybridized carbons (Fsp3) is 0. The number of nitrogens with zero attached hydrogens (tertiary/aromatic N) is 6. The van der Waals surface area contributed by atoms with Crippen LogP contribution in [-0.2, 0) is 0 Å². The number of aromatic nitrogens is 3. The van der Waals surface area contributed by atoms with Gasteiger partial charge in [-0.3, -0.25) is 25.0 Å². The maximum Gasteiger partial charge on any atom is 0.312 e. The largest absolute Gasteiger partial charge is 0.453 e. The molecule has 13 nitrogen and oxygen atoms in total. The molecule has 0 bridgehead atoms. The monoisotopic (exact) mass is 548 g/mol. The Balaban J connectivity index is 1.40. The van der Waals surface area contributed by atoms with E-state index in [1.165, 1.54) is 36.5 Å². The fourth-order valence-corrected chi connectivity index (χ4v) is 4.10. The number of pyridine rings is 1. The molecule has 41 heavy (non-hydrogen) atoms. The molecule has 3 heterocycles. The molecule has 13 heteroatoms. The van der Waals surface area contributed by atoms with E-state index >= 15 is 0 Å². The second kappa shape index (κ2) is 10.1. The summed E-state index contributed by atoms with van der Waals surface area (Å²) < 4.78 is 12.5. The summed E-state index contributed by atoms with van der Waals surface area (Å²) in [6, 6.07) is 22.4. The van der Waals surface area contributed by atoms with Crippen molar-refractivity contribution < 1.29 is 19.0 Å². The predicted octanol–water partition coefficient (Wildman–Crippen LogP) is 5.70. The molecular weight excluding hydrogens is 532 g/mol. The molecule has 0 amide bonds. The number of ether oxygens (including phenoxy) is 1. The highest BCUT2D eigenvalue weighted by atomic mass is 16.6. The minimum Gasteiger partial charge on any atom is -0.453 e. The molecule has 0 saturated heterocycles. The Morgan fingerprint density at radius 2 is 1.73 bits per heavy atom. The molecule has 200 valence electrons. The zero-order valence-corrected chi connectivity index (χ0v) is 20.8. The summed E-state index contributed by atoms with van der Waals surface area (Å²) in [5.41, 5.74) is 0.234. The summed E-state index contributed by atoms with van der Waals surface area (Å²) in [5, 5.41) is 28.1. The van der Waals surface area contributed by atoms with E-state index in [-0.39, 0.29) is 28.7 Å². The maximum atomic E-state index is 13.4. The second-order valence-corrected chi connectivity index (χ2v) is 8.66. The standard InChI is InChI=1S/C28H16N6O7/c35-28-20-6-2-3-7-21(20)31-27(25-14-18-5-1-4-8-23(18)40-25)32(28)30-15-17-9-11-24(22(13-17)34(38)39)41-26-12-10-19(16-29-26)33(36)37/h1-16H. The van der Waals surface area contributed by atoms with Crippen molar-refractivity contribution in [3.8, 4) is 23.2 Å². The van der Waals surface area contributed by atoms with Gasteiger partial charge in [-0.1, -0.05) is 30.3 Å². The van der Waals surface area contributed by atoms with E-state index in [1.54, 1.807) is 36.4 Å². The first-order valence-corrected chi connectivity index (χ1v) is 12.0. The lowest BCUT2D eigenvalue weighted by atomic mass is 10.2. The lowest BCUT2D eigenvalue weighted by Gasteiger charge is -2.08. The molecular formula is C28H16N6O7. The Labute approximate surface area is 228 Å². The number of rotatable bonds is 7. The Hall–Kier alpha value is -6.24. The predicted molar refractivity (Wildman–Crippen MR) is 148 cm³/mol. The SMILES string of the molecule is O=c1c2ccccc2nc(-c2cc3ccccc3o2)n1N=Cc1ccc(Oc2ccc([N+](=O)[O-])cn2)c([N+](=O)[O-])c1. The number of hydrogen-bond donors (Lipinski definition) is 0. The molecule has 3 aromatic heterocycles. The van der Waals surface area contributed by atoms with Crippen molar-refractivity contribution in [3.63, 3.8) is 0 Å². The molecule has 0 atom stereocenters. The van der Waals surface area contributed by atoms with E-state index in [1.807, 2.05) is 18.2 Å². The van der Waals surface area contributed by atoms with E-state index in [2.05, 4.69) is 15.1 Å². The summed E-state index contributed by atoms with van der Waals surface area (Å²) in [7, 11) is 0.